The molecule has 2 unspecified atom stereocenters. The monoisotopic (exact) mass is 240 g/mol. The van der Waals surface area contributed by atoms with Gasteiger partial charge in [0, 0.05) is 12.0 Å². The lowest BCUT2D eigenvalue weighted by Gasteiger charge is -2.16. The average Bonchev–Trinajstić information content (AvgIpc) is 2.91. The van der Waals surface area contributed by atoms with Crippen LogP contribution < -0.4 is 5.32 Å². The number of nitrogens with zero attached hydrogens (tertiary/aromatic N) is 1. The van der Waals surface area contributed by atoms with E-state index in [0.717, 1.165) is 24.5 Å². The van der Waals surface area contributed by atoms with Crippen LogP contribution in [0.2, 0.25) is 0 Å². The fourth-order valence-electron chi connectivity index (χ4n) is 2.20. The number of aryl methyl sites for hydroxylation is 1. The highest BCUT2D eigenvalue weighted by Crippen LogP contribution is 2.24. The summed E-state index contributed by atoms with van der Waals surface area (Å²) in [6, 6.07) is 0.383. The number of nitrogens with one attached hydrogen (secondary N) is 1. The molecule has 1 aromatic rings. The Hall–Kier alpha value is -0.450. The molecule has 1 saturated heterocycles. The SMILES string of the molecule is CNC(CCC1CCCO1)c1csc(C)n1. The van der Waals surface area contributed by atoms with Crippen molar-refractivity contribution in [2.24, 2.45) is 0 Å². The molecule has 0 spiro atoms. The first-order valence-electron chi connectivity index (χ1n) is 6.00. The van der Waals surface area contributed by atoms with Crippen LogP contribution in [0.4, 0.5) is 0 Å². The fraction of sp³-hybridized carbons (Fsp3) is 0.750. The van der Waals surface area contributed by atoms with Crippen molar-refractivity contribution in [1.82, 2.24) is 10.3 Å². The Bertz CT molecular complexity index is 321. The molecule has 2 rings (SSSR count). The third-order valence-electron chi connectivity index (χ3n) is 3.14. The largest absolute Gasteiger partial charge is 0.378 e. The zero-order valence-corrected chi connectivity index (χ0v) is 10.8. The normalized spacial score (nSPS) is 22.5. The predicted molar refractivity (Wildman–Crippen MR) is 66.9 cm³/mol. The summed E-state index contributed by atoms with van der Waals surface area (Å²) < 4.78 is 5.64. The molecular weight excluding hydrogens is 220 g/mol. The van der Waals surface area contributed by atoms with Gasteiger partial charge in [0.2, 0.25) is 0 Å². The van der Waals surface area contributed by atoms with Crippen LogP contribution in [0.15, 0.2) is 5.38 Å². The van der Waals surface area contributed by atoms with Crippen molar-refractivity contribution >= 4 is 11.3 Å². The quantitative estimate of drug-likeness (QED) is 0.859. The van der Waals surface area contributed by atoms with E-state index in [-0.39, 0.29) is 0 Å². The molecule has 4 heteroatoms. The summed E-state index contributed by atoms with van der Waals surface area (Å²) in [4.78, 5) is 4.54. The maximum Gasteiger partial charge on any atom is 0.0898 e. The Balaban J connectivity index is 1.85. The van der Waals surface area contributed by atoms with Gasteiger partial charge in [-0.15, -0.1) is 11.3 Å². The Morgan fingerprint density at radius 2 is 2.56 bits per heavy atom. The molecule has 0 saturated carbocycles. The average molecular weight is 240 g/mol. The summed E-state index contributed by atoms with van der Waals surface area (Å²) in [5, 5.41) is 6.65. The third kappa shape index (κ3) is 3.03. The van der Waals surface area contributed by atoms with Crippen molar-refractivity contribution < 1.29 is 4.74 Å². The highest BCUT2D eigenvalue weighted by molar-refractivity contribution is 7.09. The lowest BCUT2D eigenvalue weighted by molar-refractivity contribution is 0.0997. The van der Waals surface area contributed by atoms with Gasteiger partial charge in [-0.05, 0) is 39.7 Å². The van der Waals surface area contributed by atoms with Crippen molar-refractivity contribution in [3.05, 3.63) is 16.1 Å². The van der Waals surface area contributed by atoms with Crippen LogP contribution >= 0.6 is 11.3 Å². The molecule has 90 valence electrons. The molecule has 1 N–H and O–H groups in total. The number of thiazole rings is 1. The molecule has 0 radical (unpaired) electrons. The second-order valence-electron chi connectivity index (χ2n) is 4.35. The molecule has 0 bridgehead atoms. The maximum absolute atomic E-state index is 5.64. The van der Waals surface area contributed by atoms with Crippen LogP contribution in [0.25, 0.3) is 0 Å². The van der Waals surface area contributed by atoms with E-state index in [1.807, 2.05) is 7.05 Å². The van der Waals surface area contributed by atoms with E-state index in [9.17, 15) is 0 Å². The van der Waals surface area contributed by atoms with E-state index in [1.165, 1.54) is 18.5 Å². The summed E-state index contributed by atoms with van der Waals surface area (Å²) in [5.41, 5.74) is 1.18. The summed E-state index contributed by atoms with van der Waals surface area (Å²) in [7, 11) is 2.01. The molecule has 1 aromatic heterocycles. The second-order valence-corrected chi connectivity index (χ2v) is 5.41. The Morgan fingerprint density at radius 3 is 3.12 bits per heavy atom. The number of hydrogen-bond acceptors (Lipinski definition) is 4. The lowest BCUT2D eigenvalue weighted by Crippen LogP contribution is -2.19. The standard InChI is InChI=1S/C12H20N2OS/c1-9-14-12(8-16-9)11(13-2)6-5-10-4-3-7-15-10/h8,10-11,13H,3-7H2,1-2H3. The summed E-state index contributed by atoms with van der Waals surface area (Å²) in [5.74, 6) is 0. The molecule has 2 heterocycles. The van der Waals surface area contributed by atoms with Crippen LogP contribution in [0.5, 0.6) is 0 Å². The van der Waals surface area contributed by atoms with Crippen molar-refractivity contribution in [3.63, 3.8) is 0 Å². The molecule has 16 heavy (non-hydrogen) atoms. The van der Waals surface area contributed by atoms with E-state index in [1.54, 1.807) is 11.3 Å². The zero-order chi connectivity index (χ0) is 11.4. The Labute approximate surface area is 101 Å². The topological polar surface area (TPSA) is 34.1 Å². The lowest BCUT2D eigenvalue weighted by atomic mass is 10.0. The van der Waals surface area contributed by atoms with Gasteiger partial charge in [-0.25, -0.2) is 4.98 Å². The van der Waals surface area contributed by atoms with E-state index in [4.69, 9.17) is 4.74 Å². The van der Waals surface area contributed by atoms with Gasteiger partial charge in [0.25, 0.3) is 0 Å². The first-order valence-corrected chi connectivity index (χ1v) is 6.88. The van der Waals surface area contributed by atoms with Gasteiger partial charge in [0.05, 0.1) is 22.8 Å². The number of rotatable bonds is 5. The van der Waals surface area contributed by atoms with Gasteiger partial charge in [-0.3, -0.25) is 0 Å². The van der Waals surface area contributed by atoms with E-state index >= 15 is 0 Å². The van der Waals surface area contributed by atoms with Gasteiger partial charge in [0.1, 0.15) is 0 Å². The van der Waals surface area contributed by atoms with E-state index in [0.29, 0.717) is 12.1 Å². The predicted octanol–water partition coefficient (Wildman–Crippen LogP) is 2.67. The number of aromatic nitrogens is 1. The van der Waals surface area contributed by atoms with E-state index < -0.39 is 0 Å². The first kappa shape index (κ1) is 12.0. The Morgan fingerprint density at radius 1 is 1.69 bits per heavy atom. The van der Waals surface area contributed by atoms with Gasteiger partial charge >= 0.3 is 0 Å². The Kier molecular flexibility index (Phi) is 4.32. The molecule has 0 aromatic carbocycles. The molecule has 2 atom stereocenters. The molecule has 1 aliphatic heterocycles. The van der Waals surface area contributed by atoms with Crippen molar-refractivity contribution in [2.45, 2.75) is 44.8 Å². The highest BCUT2D eigenvalue weighted by atomic mass is 32.1. The van der Waals surface area contributed by atoms with Crippen LogP contribution in [-0.2, 0) is 4.74 Å². The molecule has 1 aliphatic rings. The van der Waals surface area contributed by atoms with Crippen molar-refractivity contribution in [1.29, 1.82) is 0 Å². The van der Waals surface area contributed by atoms with E-state index in [2.05, 4.69) is 22.6 Å². The second kappa shape index (κ2) is 5.75. The summed E-state index contributed by atoms with van der Waals surface area (Å²) >= 11 is 1.72. The minimum atomic E-state index is 0.383. The summed E-state index contributed by atoms with van der Waals surface area (Å²) in [6.07, 6.45) is 5.19. The van der Waals surface area contributed by atoms with Crippen LogP contribution in [0.3, 0.4) is 0 Å². The molecular formula is C12H20N2OS. The molecule has 0 aliphatic carbocycles. The van der Waals surface area contributed by atoms with Gasteiger partial charge < -0.3 is 10.1 Å². The van der Waals surface area contributed by atoms with Crippen LogP contribution in [0, 0.1) is 6.92 Å². The minimum Gasteiger partial charge on any atom is -0.378 e. The number of ether oxygens (including phenoxy) is 1. The van der Waals surface area contributed by atoms with Gasteiger partial charge in [-0.1, -0.05) is 0 Å². The molecule has 1 fully saturated rings. The van der Waals surface area contributed by atoms with Crippen LogP contribution in [0.1, 0.15) is 42.4 Å². The zero-order valence-electron chi connectivity index (χ0n) is 10.0. The van der Waals surface area contributed by atoms with Crippen molar-refractivity contribution in [3.8, 4) is 0 Å². The van der Waals surface area contributed by atoms with Crippen molar-refractivity contribution in [2.75, 3.05) is 13.7 Å². The van der Waals surface area contributed by atoms with Gasteiger partial charge in [-0.2, -0.15) is 0 Å². The third-order valence-corrected chi connectivity index (χ3v) is 3.94. The molecule has 0 amide bonds. The van der Waals surface area contributed by atoms with Crippen LogP contribution in [-0.4, -0.2) is 24.7 Å². The smallest absolute Gasteiger partial charge is 0.0898 e. The fourth-order valence-corrected chi connectivity index (χ4v) is 2.87. The first-order chi connectivity index (χ1) is 7.79. The maximum atomic E-state index is 5.64. The van der Waals surface area contributed by atoms with Gasteiger partial charge in [0.15, 0.2) is 0 Å². The highest BCUT2D eigenvalue weighted by Gasteiger charge is 2.19. The minimum absolute atomic E-state index is 0.383. The number of hydrogen-bond donors (Lipinski definition) is 1. The molecule has 3 nitrogen and oxygen atoms in total. The summed E-state index contributed by atoms with van der Waals surface area (Å²) in [6.45, 7) is 3.01.